The molecule has 104 valence electrons. The van der Waals surface area contributed by atoms with Crippen molar-refractivity contribution >= 4 is 33.6 Å². The van der Waals surface area contributed by atoms with Gasteiger partial charge in [-0.15, -0.1) is 0 Å². The van der Waals surface area contributed by atoms with Crippen molar-refractivity contribution in [2.45, 2.75) is 25.4 Å². The van der Waals surface area contributed by atoms with E-state index in [4.69, 9.17) is 0 Å². The van der Waals surface area contributed by atoms with E-state index in [0.717, 1.165) is 28.1 Å². The van der Waals surface area contributed by atoms with Gasteiger partial charge in [-0.05, 0) is 24.6 Å². The van der Waals surface area contributed by atoms with E-state index in [1.54, 1.807) is 0 Å². The highest BCUT2D eigenvalue weighted by molar-refractivity contribution is 9.10. The van der Waals surface area contributed by atoms with Crippen LogP contribution in [0.5, 0.6) is 0 Å². The molecule has 2 rings (SSSR count). The minimum atomic E-state index is 0.0526. The number of halogens is 1. The van der Waals surface area contributed by atoms with Gasteiger partial charge in [0.2, 0.25) is 5.91 Å². The lowest BCUT2D eigenvalue weighted by Crippen LogP contribution is -2.41. The Morgan fingerprint density at radius 1 is 1.53 bits per heavy atom. The first-order valence-electron chi connectivity index (χ1n) is 6.51. The molecular weight excluding hydrogens is 324 g/mol. The van der Waals surface area contributed by atoms with Crippen molar-refractivity contribution < 1.29 is 4.79 Å². The maximum Gasteiger partial charge on any atom is 0.222 e. The minimum Gasteiger partial charge on any atom is -0.350 e. The van der Waals surface area contributed by atoms with Crippen molar-refractivity contribution in [3.05, 3.63) is 34.3 Å². The average molecular weight is 343 g/mol. The van der Waals surface area contributed by atoms with E-state index in [2.05, 4.69) is 26.6 Å². The van der Waals surface area contributed by atoms with Crippen LogP contribution in [0.1, 0.15) is 24.9 Å². The van der Waals surface area contributed by atoms with Crippen molar-refractivity contribution in [1.82, 2.24) is 10.6 Å². The number of carbonyl (C=O) groups excluding carboxylic acids is 1. The predicted octanol–water partition coefficient (Wildman–Crippen LogP) is 2.72. The average Bonchev–Trinajstić information content (AvgIpc) is 2.40. The maximum absolute atomic E-state index is 12.0. The van der Waals surface area contributed by atoms with Gasteiger partial charge in [-0.2, -0.15) is 11.8 Å². The Hall–Kier alpha value is -0.520. The number of benzene rings is 1. The topological polar surface area (TPSA) is 41.1 Å². The smallest absolute Gasteiger partial charge is 0.222 e. The van der Waals surface area contributed by atoms with E-state index >= 15 is 0 Å². The number of thioether (sulfide) groups is 1. The number of rotatable bonds is 4. The van der Waals surface area contributed by atoms with Crippen molar-refractivity contribution in [2.24, 2.45) is 0 Å². The Labute approximate surface area is 127 Å². The molecule has 2 N–H and O–H groups in total. The summed E-state index contributed by atoms with van der Waals surface area (Å²) >= 11 is 5.33. The summed E-state index contributed by atoms with van der Waals surface area (Å²) in [4.78, 5) is 12.0. The van der Waals surface area contributed by atoms with Gasteiger partial charge < -0.3 is 10.6 Å². The normalized spacial score (nSPS) is 20.8. The van der Waals surface area contributed by atoms with Crippen LogP contribution in [-0.2, 0) is 4.79 Å². The number of amides is 1. The van der Waals surface area contributed by atoms with Gasteiger partial charge in [0.05, 0.1) is 6.04 Å². The van der Waals surface area contributed by atoms with Gasteiger partial charge in [-0.25, -0.2) is 0 Å². The molecule has 1 fully saturated rings. The standard InChI is InChI=1S/C14H19BrN2OS/c1-10(11-2-4-12(15)5-3-11)17-14(18)8-13-9-19-7-6-16-13/h2-5,10,13,16H,6-9H2,1H3,(H,17,18). The Bertz CT molecular complexity index is 418. The molecule has 1 amide bonds. The van der Waals surface area contributed by atoms with Gasteiger partial charge in [0.15, 0.2) is 0 Å². The number of hydrogen-bond donors (Lipinski definition) is 2. The summed E-state index contributed by atoms with van der Waals surface area (Å²) in [6.07, 6.45) is 0.563. The molecule has 2 atom stereocenters. The summed E-state index contributed by atoms with van der Waals surface area (Å²) in [5, 5.41) is 6.44. The first-order valence-corrected chi connectivity index (χ1v) is 8.46. The van der Waals surface area contributed by atoms with Crippen LogP contribution >= 0.6 is 27.7 Å². The van der Waals surface area contributed by atoms with Crippen LogP contribution in [0.15, 0.2) is 28.7 Å². The molecular formula is C14H19BrN2OS. The zero-order chi connectivity index (χ0) is 13.7. The van der Waals surface area contributed by atoms with Crippen molar-refractivity contribution in [2.75, 3.05) is 18.1 Å². The van der Waals surface area contributed by atoms with Gasteiger partial charge in [0, 0.05) is 35.0 Å². The second-order valence-electron chi connectivity index (χ2n) is 4.77. The zero-order valence-electron chi connectivity index (χ0n) is 11.0. The fourth-order valence-corrected chi connectivity index (χ4v) is 3.32. The number of nitrogens with one attached hydrogen (secondary N) is 2. The van der Waals surface area contributed by atoms with E-state index in [-0.39, 0.29) is 11.9 Å². The van der Waals surface area contributed by atoms with Crippen LogP contribution in [0.4, 0.5) is 0 Å². The Balaban J connectivity index is 1.82. The number of carbonyl (C=O) groups is 1. The molecule has 2 unspecified atom stereocenters. The van der Waals surface area contributed by atoms with Crippen LogP contribution in [0.3, 0.4) is 0 Å². The first kappa shape index (κ1) is 14.9. The predicted molar refractivity (Wildman–Crippen MR) is 84.4 cm³/mol. The second kappa shape index (κ2) is 7.31. The van der Waals surface area contributed by atoms with E-state index < -0.39 is 0 Å². The lowest BCUT2D eigenvalue weighted by molar-refractivity contribution is -0.122. The molecule has 1 heterocycles. The lowest BCUT2D eigenvalue weighted by Gasteiger charge is -2.23. The van der Waals surface area contributed by atoms with Crippen molar-refractivity contribution in [3.63, 3.8) is 0 Å². The lowest BCUT2D eigenvalue weighted by atomic mass is 10.1. The molecule has 1 saturated heterocycles. The first-order chi connectivity index (χ1) is 9.15. The zero-order valence-corrected chi connectivity index (χ0v) is 13.4. The molecule has 0 radical (unpaired) electrons. The van der Waals surface area contributed by atoms with Crippen molar-refractivity contribution in [1.29, 1.82) is 0 Å². The summed E-state index contributed by atoms with van der Waals surface area (Å²) in [5.74, 6) is 2.29. The highest BCUT2D eigenvalue weighted by atomic mass is 79.9. The van der Waals surface area contributed by atoms with Gasteiger partial charge in [-0.3, -0.25) is 4.79 Å². The Morgan fingerprint density at radius 2 is 2.26 bits per heavy atom. The quantitative estimate of drug-likeness (QED) is 0.883. The molecule has 0 bridgehead atoms. The molecule has 3 nitrogen and oxygen atoms in total. The maximum atomic E-state index is 12.0. The molecule has 1 aliphatic rings. The molecule has 1 aromatic carbocycles. The minimum absolute atomic E-state index is 0.0526. The van der Waals surface area contributed by atoms with Gasteiger partial charge in [0.1, 0.15) is 0 Å². The number of hydrogen-bond acceptors (Lipinski definition) is 3. The van der Waals surface area contributed by atoms with Crippen LogP contribution in [-0.4, -0.2) is 30.0 Å². The Morgan fingerprint density at radius 3 is 2.89 bits per heavy atom. The molecule has 5 heteroatoms. The summed E-state index contributed by atoms with van der Waals surface area (Å²) < 4.78 is 1.05. The summed E-state index contributed by atoms with van der Waals surface area (Å²) in [7, 11) is 0. The molecule has 1 aliphatic heterocycles. The molecule has 0 spiro atoms. The molecule has 0 saturated carbocycles. The van der Waals surface area contributed by atoms with Gasteiger partial charge in [0.25, 0.3) is 0 Å². The molecule has 19 heavy (non-hydrogen) atoms. The van der Waals surface area contributed by atoms with Crippen LogP contribution in [0.2, 0.25) is 0 Å². The molecule has 1 aromatic rings. The third-order valence-electron chi connectivity index (χ3n) is 3.18. The highest BCUT2D eigenvalue weighted by Gasteiger charge is 2.18. The Kier molecular flexibility index (Phi) is 5.73. The van der Waals surface area contributed by atoms with Crippen LogP contribution in [0.25, 0.3) is 0 Å². The van der Waals surface area contributed by atoms with E-state index in [1.807, 2.05) is 43.0 Å². The fourth-order valence-electron chi connectivity index (χ4n) is 2.11. The van der Waals surface area contributed by atoms with Gasteiger partial charge in [-0.1, -0.05) is 28.1 Å². The second-order valence-corrected chi connectivity index (χ2v) is 6.84. The van der Waals surface area contributed by atoms with Gasteiger partial charge >= 0.3 is 0 Å². The summed E-state index contributed by atoms with van der Waals surface area (Å²) in [6, 6.07) is 8.43. The van der Waals surface area contributed by atoms with E-state index in [9.17, 15) is 4.79 Å². The van der Waals surface area contributed by atoms with Crippen molar-refractivity contribution in [3.8, 4) is 0 Å². The summed E-state index contributed by atoms with van der Waals surface area (Å²) in [6.45, 7) is 3.02. The summed E-state index contributed by atoms with van der Waals surface area (Å²) in [5.41, 5.74) is 1.13. The SMILES string of the molecule is CC(NC(=O)CC1CSCCN1)c1ccc(Br)cc1. The highest BCUT2D eigenvalue weighted by Crippen LogP contribution is 2.17. The molecule has 0 aromatic heterocycles. The third-order valence-corrected chi connectivity index (χ3v) is 4.84. The van der Waals surface area contributed by atoms with Crippen LogP contribution < -0.4 is 10.6 Å². The van der Waals surface area contributed by atoms with E-state index in [0.29, 0.717) is 12.5 Å². The monoisotopic (exact) mass is 342 g/mol. The third kappa shape index (κ3) is 4.82. The molecule has 0 aliphatic carbocycles. The van der Waals surface area contributed by atoms with E-state index in [1.165, 1.54) is 0 Å². The van der Waals surface area contributed by atoms with Crippen LogP contribution in [0, 0.1) is 0 Å². The fraction of sp³-hybridized carbons (Fsp3) is 0.500. The largest absolute Gasteiger partial charge is 0.350 e.